The first kappa shape index (κ1) is 13.2. The molecule has 0 unspecified atom stereocenters. The van der Waals surface area contributed by atoms with E-state index in [0.29, 0.717) is 18.7 Å². The Morgan fingerprint density at radius 2 is 2.19 bits per heavy atom. The molecule has 4 heteroatoms. The van der Waals surface area contributed by atoms with Gasteiger partial charge in [-0.15, -0.1) is 0 Å². The minimum Gasteiger partial charge on any atom is -0.352 e. The lowest BCUT2D eigenvalue weighted by Gasteiger charge is -2.07. The van der Waals surface area contributed by atoms with E-state index in [9.17, 15) is 4.79 Å². The van der Waals surface area contributed by atoms with Crippen LogP contribution in [0.1, 0.15) is 28.8 Å². The fraction of sp³-hybridized carbons (Fsp3) is 0.417. The van der Waals surface area contributed by atoms with Crippen LogP contribution in [0.2, 0.25) is 0 Å². The Bertz CT molecular complexity index is 366. The number of rotatable bonds is 5. The number of hydrogen-bond donors (Lipinski definition) is 2. The van der Waals surface area contributed by atoms with E-state index in [1.807, 2.05) is 25.1 Å². The molecule has 0 saturated heterocycles. The number of nitrogens with two attached hydrogens (primary N) is 1. The first-order chi connectivity index (χ1) is 7.65. The summed E-state index contributed by atoms with van der Waals surface area (Å²) in [6, 6.07) is 5.70. The zero-order chi connectivity index (χ0) is 12.0. The Hall–Kier alpha value is -0.870. The fourth-order valence-electron chi connectivity index (χ4n) is 1.37. The maximum atomic E-state index is 11.8. The summed E-state index contributed by atoms with van der Waals surface area (Å²) in [7, 11) is 0. The van der Waals surface area contributed by atoms with Crippen molar-refractivity contribution in [1.29, 1.82) is 0 Å². The number of amides is 1. The quantitative estimate of drug-likeness (QED) is 0.815. The van der Waals surface area contributed by atoms with Gasteiger partial charge in [0.25, 0.3) is 5.91 Å². The molecule has 1 aromatic carbocycles. The van der Waals surface area contributed by atoms with Gasteiger partial charge < -0.3 is 11.1 Å². The molecule has 0 aliphatic heterocycles. The summed E-state index contributed by atoms with van der Waals surface area (Å²) in [5, 5.41) is 2.87. The lowest BCUT2D eigenvalue weighted by atomic mass is 10.1. The van der Waals surface area contributed by atoms with E-state index in [4.69, 9.17) is 5.73 Å². The fourth-order valence-corrected chi connectivity index (χ4v) is 2.04. The maximum Gasteiger partial charge on any atom is 0.252 e. The monoisotopic (exact) mass is 284 g/mol. The normalized spacial score (nSPS) is 10.2. The third-order valence-electron chi connectivity index (χ3n) is 2.29. The molecular formula is C12H17BrN2O. The summed E-state index contributed by atoms with van der Waals surface area (Å²) in [5.74, 6) is -0.0381. The standard InChI is InChI=1S/C12H17BrN2O/c1-9-4-5-10(11(13)8-9)12(16)15-7-3-2-6-14/h4-5,8H,2-3,6-7,14H2,1H3,(H,15,16). The first-order valence-corrected chi connectivity index (χ1v) is 6.19. The van der Waals surface area contributed by atoms with Gasteiger partial charge in [-0.25, -0.2) is 0 Å². The number of hydrogen-bond acceptors (Lipinski definition) is 2. The number of halogens is 1. The van der Waals surface area contributed by atoms with Crippen LogP contribution in [0, 0.1) is 6.92 Å². The highest BCUT2D eigenvalue weighted by atomic mass is 79.9. The van der Waals surface area contributed by atoms with Gasteiger partial charge in [0, 0.05) is 11.0 Å². The van der Waals surface area contributed by atoms with E-state index in [1.165, 1.54) is 0 Å². The third-order valence-corrected chi connectivity index (χ3v) is 2.94. The van der Waals surface area contributed by atoms with Crippen LogP contribution in [-0.4, -0.2) is 19.0 Å². The average Bonchev–Trinajstić information content (AvgIpc) is 2.24. The summed E-state index contributed by atoms with van der Waals surface area (Å²) < 4.78 is 0.837. The molecule has 0 fully saturated rings. The molecule has 0 radical (unpaired) electrons. The topological polar surface area (TPSA) is 55.1 Å². The van der Waals surface area contributed by atoms with Crippen LogP contribution in [0.3, 0.4) is 0 Å². The molecule has 3 nitrogen and oxygen atoms in total. The number of carbonyl (C=O) groups excluding carboxylic acids is 1. The van der Waals surface area contributed by atoms with Gasteiger partial charge in [0.2, 0.25) is 0 Å². The molecule has 88 valence electrons. The van der Waals surface area contributed by atoms with Gasteiger partial charge in [-0.2, -0.15) is 0 Å². The van der Waals surface area contributed by atoms with Gasteiger partial charge in [0.1, 0.15) is 0 Å². The predicted octanol–water partition coefficient (Wildman–Crippen LogP) is 2.23. The zero-order valence-corrected chi connectivity index (χ0v) is 11.0. The Morgan fingerprint density at radius 1 is 1.44 bits per heavy atom. The van der Waals surface area contributed by atoms with Crippen LogP contribution >= 0.6 is 15.9 Å². The smallest absolute Gasteiger partial charge is 0.252 e. The minimum absolute atomic E-state index is 0.0381. The third kappa shape index (κ3) is 3.94. The SMILES string of the molecule is Cc1ccc(C(=O)NCCCCN)c(Br)c1. The number of nitrogens with one attached hydrogen (secondary N) is 1. The molecule has 1 amide bonds. The van der Waals surface area contributed by atoms with Gasteiger partial charge in [0.05, 0.1) is 5.56 Å². The van der Waals surface area contributed by atoms with E-state index >= 15 is 0 Å². The van der Waals surface area contributed by atoms with Crippen LogP contribution in [0.5, 0.6) is 0 Å². The van der Waals surface area contributed by atoms with Crippen LogP contribution in [0.4, 0.5) is 0 Å². The molecule has 0 bridgehead atoms. The first-order valence-electron chi connectivity index (χ1n) is 5.39. The number of carbonyl (C=O) groups is 1. The molecule has 3 N–H and O–H groups in total. The Labute approximate surface area is 105 Å². The molecule has 1 rings (SSSR count). The van der Waals surface area contributed by atoms with Crippen LogP contribution in [-0.2, 0) is 0 Å². The van der Waals surface area contributed by atoms with Crippen molar-refractivity contribution in [3.8, 4) is 0 Å². The maximum absolute atomic E-state index is 11.8. The number of benzene rings is 1. The van der Waals surface area contributed by atoms with Gasteiger partial charge >= 0.3 is 0 Å². The van der Waals surface area contributed by atoms with E-state index in [2.05, 4.69) is 21.2 Å². The Kier molecular flexibility index (Phi) is 5.49. The highest BCUT2D eigenvalue weighted by Crippen LogP contribution is 2.18. The van der Waals surface area contributed by atoms with Gasteiger partial charge in [-0.05, 0) is 59.9 Å². The largest absolute Gasteiger partial charge is 0.352 e. The summed E-state index contributed by atoms with van der Waals surface area (Å²) in [6.45, 7) is 3.34. The van der Waals surface area contributed by atoms with Crippen LogP contribution < -0.4 is 11.1 Å². The predicted molar refractivity (Wildman–Crippen MR) is 69.5 cm³/mol. The zero-order valence-electron chi connectivity index (χ0n) is 9.42. The van der Waals surface area contributed by atoms with Gasteiger partial charge in [0.15, 0.2) is 0 Å². The van der Waals surface area contributed by atoms with E-state index in [1.54, 1.807) is 0 Å². The van der Waals surface area contributed by atoms with E-state index in [0.717, 1.165) is 22.9 Å². The average molecular weight is 285 g/mol. The molecule has 0 atom stereocenters. The van der Waals surface area contributed by atoms with Crippen molar-refractivity contribution in [2.45, 2.75) is 19.8 Å². The lowest BCUT2D eigenvalue weighted by Crippen LogP contribution is -2.25. The van der Waals surface area contributed by atoms with Crippen molar-refractivity contribution in [3.05, 3.63) is 33.8 Å². The summed E-state index contributed by atoms with van der Waals surface area (Å²) >= 11 is 3.39. The van der Waals surface area contributed by atoms with E-state index in [-0.39, 0.29) is 5.91 Å². The highest BCUT2D eigenvalue weighted by molar-refractivity contribution is 9.10. The lowest BCUT2D eigenvalue weighted by molar-refractivity contribution is 0.0952. The second kappa shape index (κ2) is 6.66. The Morgan fingerprint density at radius 3 is 2.81 bits per heavy atom. The molecule has 1 aromatic rings. The van der Waals surface area contributed by atoms with E-state index < -0.39 is 0 Å². The van der Waals surface area contributed by atoms with Crippen molar-refractivity contribution in [2.75, 3.05) is 13.1 Å². The van der Waals surface area contributed by atoms with Crippen molar-refractivity contribution in [2.24, 2.45) is 5.73 Å². The van der Waals surface area contributed by atoms with Crippen molar-refractivity contribution in [3.63, 3.8) is 0 Å². The molecule has 16 heavy (non-hydrogen) atoms. The molecular weight excluding hydrogens is 268 g/mol. The Balaban J connectivity index is 2.53. The molecule has 0 saturated carbocycles. The van der Waals surface area contributed by atoms with Crippen molar-refractivity contribution >= 4 is 21.8 Å². The minimum atomic E-state index is -0.0381. The summed E-state index contributed by atoms with van der Waals surface area (Å²) in [5.41, 5.74) is 7.19. The van der Waals surface area contributed by atoms with Crippen LogP contribution in [0.15, 0.2) is 22.7 Å². The molecule has 0 spiro atoms. The van der Waals surface area contributed by atoms with Crippen molar-refractivity contribution < 1.29 is 4.79 Å². The second-order valence-corrected chi connectivity index (χ2v) is 4.59. The summed E-state index contributed by atoms with van der Waals surface area (Å²) in [4.78, 5) is 11.8. The molecule has 0 aliphatic rings. The molecule has 0 heterocycles. The number of aryl methyl sites for hydroxylation is 1. The van der Waals surface area contributed by atoms with Gasteiger partial charge in [-0.3, -0.25) is 4.79 Å². The molecule has 0 aromatic heterocycles. The second-order valence-electron chi connectivity index (χ2n) is 3.73. The number of unbranched alkanes of at least 4 members (excludes halogenated alkanes) is 1. The van der Waals surface area contributed by atoms with Crippen molar-refractivity contribution in [1.82, 2.24) is 5.32 Å². The summed E-state index contributed by atoms with van der Waals surface area (Å²) in [6.07, 6.45) is 1.86. The van der Waals surface area contributed by atoms with Gasteiger partial charge in [-0.1, -0.05) is 6.07 Å². The molecule has 0 aliphatic carbocycles. The van der Waals surface area contributed by atoms with Crippen LogP contribution in [0.25, 0.3) is 0 Å². The highest BCUT2D eigenvalue weighted by Gasteiger charge is 2.08.